The normalized spacial score (nSPS) is 11.8. The molecule has 0 aliphatic heterocycles. The van der Waals surface area contributed by atoms with E-state index in [1.54, 1.807) is 0 Å². The summed E-state index contributed by atoms with van der Waals surface area (Å²) in [7, 11) is 0. The van der Waals surface area contributed by atoms with Gasteiger partial charge < -0.3 is 9.47 Å². The molecule has 156 valence electrons. The summed E-state index contributed by atoms with van der Waals surface area (Å²) in [6.45, 7) is 4.07. The van der Waals surface area contributed by atoms with E-state index in [1.165, 1.54) is 0 Å². The van der Waals surface area contributed by atoms with Crippen LogP contribution in [0.5, 0.6) is 0 Å². The van der Waals surface area contributed by atoms with Gasteiger partial charge >= 0.3 is 11.9 Å². The van der Waals surface area contributed by atoms with Crippen molar-refractivity contribution in [1.29, 1.82) is 0 Å². The van der Waals surface area contributed by atoms with Crippen LogP contribution in [0.1, 0.15) is 76.0 Å². The predicted molar refractivity (Wildman–Crippen MR) is 114 cm³/mol. The predicted octanol–water partition coefficient (Wildman–Crippen LogP) is 6.00. The summed E-state index contributed by atoms with van der Waals surface area (Å²) in [5.41, 5.74) is 1.85. The first-order valence-electron chi connectivity index (χ1n) is 10.6. The van der Waals surface area contributed by atoms with Crippen molar-refractivity contribution in [3.63, 3.8) is 0 Å². The Morgan fingerprint density at radius 3 is 1.79 bits per heavy atom. The van der Waals surface area contributed by atoms with Gasteiger partial charge in [0.2, 0.25) is 0 Å². The lowest BCUT2D eigenvalue weighted by molar-refractivity contribution is -0.150. The van der Waals surface area contributed by atoms with Crippen LogP contribution in [0.4, 0.5) is 0 Å². The number of benzene rings is 2. The molecule has 29 heavy (non-hydrogen) atoms. The minimum Gasteiger partial charge on any atom is -0.463 e. The van der Waals surface area contributed by atoms with Crippen molar-refractivity contribution in [1.82, 2.24) is 0 Å². The van der Waals surface area contributed by atoms with Crippen LogP contribution >= 0.6 is 0 Å². The van der Waals surface area contributed by atoms with E-state index < -0.39 is 6.10 Å². The molecule has 0 spiro atoms. The van der Waals surface area contributed by atoms with Gasteiger partial charge in [0.1, 0.15) is 0 Å². The molecule has 0 saturated heterocycles. The zero-order valence-corrected chi connectivity index (χ0v) is 17.5. The van der Waals surface area contributed by atoms with Crippen molar-refractivity contribution in [2.75, 3.05) is 0 Å². The van der Waals surface area contributed by atoms with Crippen LogP contribution in [0, 0.1) is 0 Å². The van der Waals surface area contributed by atoms with Gasteiger partial charge in [-0.15, -0.1) is 0 Å². The molecule has 0 aliphatic rings. The molecule has 2 rings (SSSR count). The summed E-state index contributed by atoms with van der Waals surface area (Å²) >= 11 is 0. The first-order chi connectivity index (χ1) is 14.1. The highest BCUT2D eigenvalue weighted by Crippen LogP contribution is 2.26. The molecule has 4 nitrogen and oxygen atoms in total. The number of rotatable bonds is 12. The van der Waals surface area contributed by atoms with Crippen molar-refractivity contribution in [3.8, 4) is 0 Å². The van der Waals surface area contributed by atoms with Gasteiger partial charge in [-0.25, -0.2) is 0 Å². The summed E-state index contributed by atoms with van der Waals surface area (Å²) in [5, 5.41) is 0. The summed E-state index contributed by atoms with van der Waals surface area (Å²) in [4.78, 5) is 24.4. The highest BCUT2D eigenvalue weighted by atomic mass is 16.5. The molecule has 2 aromatic rings. The fourth-order valence-corrected chi connectivity index (χ4v) is 3.18. The lowest BCUT2D eigenvalue weighted by atomic mass is 10.0. The molecule has 0 N–H and O–H groups in total. The van der Waals surface area contributed by atoms with Crippen LogP contribution in [0.3, 0.4) is 0 Å². The largest absolute Gasteiger partial charge is 0.463 e. The number of carbonyl (C=O) groups excluding carboxylic acids is 2. The molecule has 0 saturated carbocycles. The van der Waals surface area contributed by atoms with Gasteiger partial charge in [-0.1, -0.05) is 80.4 Å². The van der Waals surface area contributed by atoms with Crippen LogP contribution < -0.4 is 0 Å². The van der Waals surface area contributed by atoms with Crippen molar-refractivity contribution >= 4 is 11.9 Å². The lowest BCUT2D eigenvalue weighted by Gasteiger charge is -2.19. The highest BCUT2D eigenvalue weighted by Gasteiger charge is 2.19. The Morgan fingerprint density at radius 2 is 1.28 bits per heavy atom. The number of esters is 2. The Hall–Kier alpha value is -2.62. The minimum absolute atomic E-state index is 0.0680. The van der Waals surface area contributed by atoms with Gasteiger partial charge in [-0.05, 0) is 37.3 Å². The Kier molecular flexibility index (Phi) is 9.98. The number of hydrogen-bond acceptors (Lipinski definition) is 4. The van der Waals surface area contributed by atoms with E-state index in [9.17, 15) is 9.59 Å². The molecular formula is C25H32O4. The highest BCUT2D eigenvalue weighted by molar-refractivity contribution is 5.73. The maximum atomic E-state index is 12.4. The van der Waals surface area contributed by atoms with E-state index in [4.69, 9.17) is 9.47 Å². The van der Waals surface area contributed by atoms with E-state index >= 15 is 0 Å². The van der Waals surface area contributed by atoms with Gasteiger partial charge in [-0.3, -0.25) is 9.59 Å². The summed E-state index contributed by atoms with van der Waals surface area (Å²) in [6, 6.07) is 19.4. The van der Waals surface area contributed by atoms with E-state index in [2.05, 4.69) is 6.92 Å². The Labute approximate surface area is 174 Å². The fraction of sp³-hybridized carbons (Fsp3) is 0.440. The van der Waals surface area contributed by atoms with E-state index in [0.29, 0.717) is 6.42 Å². The van der Waals surface area contributed by atoms with Gasteiger partial charge in [0.15, 0.2) is 6.10 Å². The Morgan fingerprint density at radius 1 is 0.759 bits per heavy atom. The second kappa shape index (κ2) is 12.8. The van der Waals surface area contributed by atoms with Crippen LogP contribution in [-0.4, -0.2) is 18.0 Å². The molecule has 4 heteroatoms. The first kappa shape index (κ1) is 22.7. The van der Waals surface area contributed by atoms with Crippen molar-refractivity contribution in [2.24, 2.45) is 0 Å². The quantitative estimate of drug-likeness (QED) is 0.326. The molecular weight excluding hydrogens is 364 g/mol. The molecule has 2 aromatic carbocycles. The summed E-state index contributed by atoms with van der Waals surface area (Å²) in [6.07, 6.45) is 4.58. The van der Waals surface area contributed by atoms with Gasteiger partial charge in [0, 0.05) is 12.8 Å². The van der Waals surface area contributed by atoms with E-state index in [-0.39, 0.29) is 30.9 Å². The van der Waals surface area contributed by atoms with E-state index in [0.717, 1.165) is 36.8 Å². The smallest absolute Gasteiger partial charge is 0.306 e. The SMILES string of the molecule is CCCCCC(C)OC(=O)CCCC(=O)OC(c1ccccc1)c1ccccc1. The third kappa shape index (κ3) is 8.51. The third-order valence-electron chi connectivity index (χ3n) is 4.76. The average molecular weight is 397 g/mol. The van der Waals surface area contributed by atoms with Crippen molar-refractivity contribution in [2.45, 2.75) is 71.0 Å². The summed E-state index contributed by atoms with van der Waals surface area (Å²) in [5.74, 6) is -0.559. The molecule has 1 atom stereocenters. The van der Waals surface area contributed by atoms with Crippen LogP contribution in [-0.2, 0) is 19.1 Å². The zero-order chi connectivity index (χ0) is 20.9. The molecule has 0 heterocycles. The maximum Gasteiger partial charge on any atom is 0.306 e. The third-order valence-corrected chi connectivity index (χ3v) is 4.76. The molecule has 0 bridgehead atoms. The molecule has 0 aromatic heterocycles. The monoisotopic (exact) mass is 396 g/mol. The van der Waals surface area contributed by atoms with Crippen molar-refractivity contribution in [3.05, 3.63) is 71.8 Å². The lowest BCUT2D eigenvalue weighted by Crippen LogP contribution is -2.16. The second-order valence-electron chi connectivity index (χ2n) is 7.34. The number of hydrogen-bond donors (Lipinski definition) is 0. The van der Waals surface area contributed by atoms with E-state index in [1.807, 2.05) is 67.6 Å². The topological polar surface area (TPSA) is 52.6 Å². The maximum absolute atomic E-state index is 12.4. The van der Waals surface area contributed by atoms with Crippen LogP contribution in [0.2, 0.25) is 0 Å². The second-order valence-corrected chi connectivity index (χ2v) is 7.34. The summed E-state index contributed by atoms with van der Waals surface area (Å²) < 4.78 is 11.2. The Bertz CT molecular complexity index is 688. The van der Waals surface area contributed by atoms with Gasteiger partial charge in [-0.2, -0.15) is 0 Å². The fourth-order valence-electron chi connectivity index (χ4n) is 3.18. The van der Waals surface area contributed by atoms with Gasteiger partial charge in [0.25, 0.3) is 0 Å². The number of carbonyl (C=O) groups is 2. The number of unbranched alkanes of at least 4 members (excludes halogenated alkanes) is 2. The molecule has 0 radical (unpaired) electrons. The minimum atomic E-state index is -0.449. The van der Waals surface area contributed by atoms with Gasteiger partial charge in [0.05, 0.1) is 6.10 Å². The van der Waals surface area contributed by atoms with Crippen molar-refractivity contribution < 1.29 is 19.1 Å². The Balaban J connectivity index is 1.81. The molecule has 0 aliphatic carbocycles. The van der Waals surface area contributed by atoms with Crippen LogP contribution in [0.15, 0.2) is 60.7 Å². The molecule has 0 fully saturated rings. The zero-order valence-electron chi connectivity index (χ0n) is 17.5. The average Bonchev–Trinajstić information content (AvgIpc) is 2.73. The standard InChI is InChI=1S/C25H32O4/c1-3-4-7-13-20(2)28-23(26)18-12-19-24(27)29-25(21-14-8-5-9-15-21)22-16-10-6-11-17-22/h5-6,8-11,14-17,20,25H,3-4,7,12-13,18-19H2,1-2H3. The number of ether oxygens (including phenoxy) is 2. The molecule has 0 amide bonds. The first-order valence-corrected chi connectivity index (χ1v) is 10.6. The van der Waals surface area contributed by atoms with Crippen LogP contribution in [0.25, 0.3) is 0 Å². The molecule has 1 unspecified atom stereocenters.